The van der Waals surface area contributed by atoms with Gasteiger partial charge in [0.25, 0.3) is 0 Å². The minimum Gasteiger partial charge on any atom is -0.464 e. The van der Waals surface area contributed by atoms with E-state index >= 15 is 0 Å². The first-order valence-corrected chi connectivity index (χ1v) is 6.75. The van der Waals surface area contributed by atoms with Crippen LogP contribution in [-0.4, -0.2) is 61.1 Å². The summed E-state index contributed by atoms with van der Waals surface area (Å²) in [5, 5.41) is 3.10. The van der Waals surface area contributed by atoms with Crippen molar-refractivity contribution in [2.24, 2.45) is 0 Å². The topological polar surface area (TPSA) is 58.6 Å². The van der Waals surface area contributed by atoms with E-state index in [0.717, 1.165) is 6.54 Å². The highest BCUT2D eigenvalue weighted by Crippen LogP contribution is 2.08. The maximum atomic E-state index is 11.8. The van der Waals surface area contributed by atoms with Crippen molar-refractivity contribution < 1.29 is 14.3 Å². The third-order valence-electron chi connectivity index (χ3n) is 2.39. The first kappa shape index (κ1) is 13.3. The predicted octanol–water partition coefficient (Wildman–Crippen LogP) is -0.287. The zero-order valence-electron chi connectivity index (χ0n) is 9.69. The molecule has 0 saturated carbocycles. The van der Waals surface area contributed by atoms with Gasteiger partial charge >= 0.3 is 5.97 Å². The monoisotopic (exact) mass is 246 g/mol. The molecule has 1 N–H and O–H groups in total. The molecule has 0 radical (unpaired) electrons. The van der Waals surface area contributed by atoms with Crippen LogP contribution in [0, 0.1) is 0 Å². The molecule has 0 bridgehead atoms. The highest BCUT2D eigenvalue weighted by molar-refractivity contribution is 7.99. The van der Waals surface area contributed by atoms with Crippen LogP contribution in [0.4, 0.5) is 0 Å². The van der Waals surface area contributed by atoms with Gasteiger partial charge in [0.1, 0.15) is 6.04 Å². The van der Waals surface area contributed by atoms with Crippen LogP contribution in [0.5, 0.6) is 0 Å². The number of carbonyl (C=O) groups is 2. The Labute approximate surface area is 99.9 Å². The molecule has 16 heavy (non-hydrogen) atoms. The number of ether oxygens (including phenoxy) is 1. The van der Waals surface area contributed by atoms with E-state index in [0.29, 0.717) is 25.4 Å². The lowest BCUT2D eigenvalue weighted by Gasteiger charge is -2.34. The lowest BCUT2D eigenvalue weighted by atomic mass is 10.2. The van der Waals surface area contributed by atoms with Crippen molar-refractivity contribution in [2.45, 2.75) is 13.0 Å². The summed E-state index contributed by atoms with van der Waals surface area (Å²) in [5.41, 5.74) is 0. The average Bonchev–Trinajstić information content (AvgIpc) is 2.30. The molecule has 1 rings (SSSR count). The van der Waals surface area contributed by atoms with E-state index in [2.05, 4.69) is 5.32 Å². The molecule has 5 nitrogen and oxygen atoms in total. The molecule has 0 aliphatic carbocycles. The number of carbonyl (C=O) groups excluding carboxylic acids is 2. The van der Waals surface area contributed by atoms with Gasteiger partial charge in [0.05, 0.1) is 12.4 Å². The van der Waals surface area contributed by atoms with Gasteiger partial charge in [-0.3, -0.25) is 4.79 Å². The average molecular weight is 246 g/mol. The van der Waals surface area contributed by atoms with Gasteiger partial charge in [0, 0.05) is 19.6 Å². The number of hydrogen-bond donors (Lipinski definition) is 1. The first-order chi connectivity index (χ1) is 7.70. The van der Waals surface area contributed by atoms with Crippen molar-refractivity contribution in [1.29, 1.82) is 0 Å². The van der Waals surface area contributed by atoms with Crippen molar-refractivity contribution in [3.8, 4) is 0 Å². The number of amides is 1. The minimum atomic E-state index is -0.464. The lowest BCUT2D eigenvalue weighted by Crippen LogP contribution is -2.57. The Morgan fingerprint density at radius 1 is 1.56 bits per heavy atom. The summed E-state index contributed by atoms with van der Waals surface area (Å²) in [6, 6.07) is -0.464. The van der Waals surface area contributed by atoms with Crippen LogP contribution < -0.4 is 5.32 Å². The Morgan fingerprint density at radius 2 is 2.31 bits per heavy atom. The quantitative estimate of drug-likeness (QED) is 0.691. The Bertz CT molecular complexity index is 234. The van der Waals surface area contributed by atoms with Gasteiger partial charge in [-0.15, -0.1) is 0 Å². The maximum Gasteiger partial charge on any atom is 0.330 e. The Morgan fingerprint density at radius 3 is 2.94 bits per heavy atom. The molecule has 1 aliphatic rings. The summed E-state index contributed by atoms with van der Waals surface area (Å²) < 4.78 is 4.96. The molecule has 1 heterocycles. The minimum absolute atomic E-state index is 0.00653. The molecular weight excluding hydrogens is 228 g/mol. The second-order valence-electron chi connectivity index (χ2n) is 3.49. The van der Waals surface area contributed by atoms with Crippen LogP contribution in [0.15, 0.2) is 0 Å². The van der Waals surface area contributed by atoms with Gasteiger partial charge in [-0.1, -0.05) is 0 Å². The highest BCUT2D eigenvalue weighted by atomic mass is 32.2. The number of piperazine rings is 1. The number of rotatable bonds is 4. The second-order valence-corrected chi connectivity index (χ2v) is 4.36. The Kier molecular flexibility index (Phi) is 5.62. The summed E-state index contributed by atoms with van der Waals surface area (Å²) in [6.45, 7) is 3.90. The summed E-state index contributed by atoms with van der Waals surface area (Å²) >= 11 is 1.47. The van der Waals surface area contributed by atoms with Gasteiger partial charge in [-0.05, 0) is 13.2 Å². The van der Waals surface area contributed by atoms with Gasteiger partial charge < -0.3 is 15.0 Å². The molecule has 0 aromatic heterocycles. The summed E-state index contributed by atoms with van der Waals surface area (Å²) in [4.78, 5) is 25.1. The van der Waals surface area contributed by atoms with E-state index in [1.165, 1.54) is 11.8 Å². The van der Waals surface area contributed by atoms with E-state index in [1.54, 1.807) is 11.8 Å². The summed E-state index contributed by atoms with van der Waals surface area (Å²) in [5.74, 6) is 0.104. The molecule has 1 fully saturated rings. The standard InChI is InChI=1S/C10H18N2O3S/c1-3-15-10(14)8-6-11-4-5-12(8)9(13)7-16-2/h8,11H,3-7H2,1-2H3. The number of thioether (sulfide) groups is 1. The smallest absolute Gasteiger partial charge is 0.330 e. The molecule has 0 spiro atoms. The summed E-state index contributed by atoms with van der Waals surface area (Å²) in [7, 11) is 0. The van der Waals surface area contributed by atoms with Gasteiger partial charge in [0.15, 0.2) is 0 Å². The Balaban J connectivity index is 2.63. The lowest BCUT2D eigenvalue weighted by molar-refractivity contribution is -0.155. The zero-order chi connectivity index (χ0) is 12.0. The number of nitrogens with zero attached hydrogens (tertiary/aromatic N) is 1. The van der Waals surface area contributed by atoms with Gasteiger partial charge in [0.2, 0.25) is 5.91 Å². The van der Waals surface area contributed by atoms with Gasteiger partial charge in [-0.2, -0.15) is 11.8 Å². The molecule has 1 aliphatic heterocycles. The van der Waals surface area contributed by atoms with Gasteiger partial charge in [-0.25, -0.2) is 4.79 Å². The number of hydrogen-bond acceptors (Lipinski definition) is 5. The third kappa shape index (κ3) is 3.38. The zero-order valence-corrected chi connectivity index (χ0v) is 10.5. The van der Waals surface area contributed by atoms with E-state index < -0.39 is 6.04 Å². The van der Waals surface area contributed by atoms with Crippen LogP contribution in [0.2, 0.25) is 0 Å². The molecule has 1 saturated heterocycles. The molecule has 1 atom stereocenters. The molecule has 1 unspecified atom stereocenters. The molecule has 0 aromatic rings. The van der Waals surface area contributed by atoms with E-state index in [9.17, 15) is 9.59 Å². The van der Waals surface area contributed by atoms with Crippen LogP contribution in [0.3, 0.4) is 0 Å². The van der Waals surface area contributed by atoms with E-state index in [1.807, 2.05) is 6.26 Å². The van der Waals surface area contributed by atoms with Crippen molar-refractivity contribution in [3.63, 3.8) is 0 Å². The van der Waals surface area contributed by atoms with E-state index in [4.69, 9.17) is 4.74 Å². The second kappa shape index (κ2) is 6.75. The molecule has 6 heteroatoms. The van der Waals surface area contributed by atoms with Crippen molar-refractivity contribution >= 4 is 23.6 Å². The van der Waals surface area contributed by atoms with Crippen LogP contribution in [0.25, 0.3) is 0 Å². The SMILES string of the molecule is CCOC(=O)C1CNCCN1C(=O)CSC. The van der Waals surface area contributed by atoms with E-state index in [-0.39, 0.29) is 11.9 Å². The van der Waals surface area contributed by atoms with Crippen molar-refractivity contribution in [3.05, 3.63) is 0 Å². The van der Waals surface area contributed by atoms with Crippen LogP contribution >= 0.6 is 11.8 Å². The fourth-order valence-corrected chi connectivity index (χ4v) is 2.07. The molecule has 0 aromatic carbocycles. The van der Waals surface area contributed by atoms with Crippen molar-refractivity contribution in [2.75, 3.05) is 38.2 Å². The van der Waals surface area contributed by atoms with Crippen LogP contribution in [0.1, 0.15) is 6.92 Å². The normalized spacial score (nSPS) is 20.6. The molecular formula is C10H18N2O3S. The molecule has 92 valence electrons. The largest absolute Gasteiger partial charge is 0.464 e. The first-order valence-electron chi connectivity index (χ1n) is 5.36. The molecule has 1 amide bonds. The number of nitrogens with one attached hydrogen (secondary N) is 1. The summed E-state index contributed by atoms with van der Waals surface area (Å²) in [6.07, 6.45) is 1.87. The Hall–Kier alpha value is -0.750. The van der Waals surface area contributed by atoms with Crippen LogP contribution in [-0.2, 0) is 14.3 Å². The highest BCUT2D eigenvalue weighted by Gasteiger charge is 2.32. The number of esters is 1. The maximum absolute atomic E-state index is 11.8. The third-order valence-corrected chi connectivity index (χ3v) is 2.93. The fourth-order valence-electron chi connectivity index (χ4n) is 1.66. The fraction of sp³-hybridized carbons (Fsp3) is 0.800. The predicted molar refractivity (Wildman–Crippen MR) is 63.4 cm³/mol. The van der Waals surface area contributed by atoms with Crippen molar-refractivity contribution in [1.82, 2.24) is 10.2 Å².